The summed E-state index contributed by atoms with van der Waals surface area (Å²) >= 11 is 0. The van der Waals surface area contributed by atoms with Gasteiger partial charge < -0.3 is 15.5 Å². The fourth-order valence-corrected chi connectivity index (χ4v) is 3.76. The maximum Gasteiger partial charge on any atom is 0.255 e. The Balaban J connectivity index is 1.40. The quantitative estimate of drug-likeness (QED) is 0.601. The van der Waals surface area contributed by atoms with Gasteiger partial charge in [-0.05, 0) is 43.3 Å². The number of nitrogens with zero attached hydrogens (tertiary/aromatic N) is 1. The Kier molecular flexibility index (Phi) is 6.49. The van der Waals surface area contributed by atoms with Gasteiger partial charge in [-0.2, -0.15) is 0 Å². The minimum absolute atomic E-state index is 0.0584. The highest BCUT2D eigenvalue weighted by atomic mass is 19.1. The van der Waals surface area contributed by atoms with E-state index in [-0.39, 0.29) is 43.0 Å². The van der Waals surface area contributed by atoms with Crippen LogP contribution in [0.15, 0.2) is 72.8 Å². The zero-order chi connectivity index (χ0) is 23.4. The minimum atomic E-state index is -0.547. The summed E-state index contributed by atoms with van der Waals surface area (Å²) in [5, 5.41) is 5.55. The molecule has 3 aromatic carbocycles. The minimum Gasteiger partial charge on any atom is -0.352 e. The average Bonchev–Trinajstić information content (AvgIpc) is 3.21. The van der Waals surface area contributed by atoms with E-state index < -0.39 is 5.92 Å². The van der Waals surface area contributed by atoms with Crippen molar-refractivity contribution >= 4 is 29.1 Å². The fraction of sp³-hybridized carbons (Fsp3) is 0.192. The van der Waals surface area contributed by atoms with Crippen molar-refractivity contribution in [2.75, 3.05) is 16.8 Å². The molecule has 0 radical (unpaired) electrons. The van der Waals surface area contributed by atoms with Crippen LogP contribution in [0, 0.1) is 18.7 Å². The van der Waals surface area contributed by atoms with E-state index in [0.29, 0.717) is 22.5 Å². The second kappa shape index (κ2) is 9.65. The number of carbonyl (C=O) groups excluding carboxylic acids is 3. The van der Waals surface area contributed by atoms with Crippen molar-refractivity contribution in [2.45, 2.75) is 19.9 Å². The SMILES string of the molecule is Cc1ccc(NC(=O)c2cccc(N3C[C@@H](C(=O)NCc4ccccc4F)CC3=O)c2)cc1. The molecule has 7 heteroatoms. The molecule has 1 aliphatic rings. The van der Waals surface area contributed by atoms with Crippen molar-refractivity contribution < 1.29 is 18.8 Å². The summed E-state index contributed by atoms with van der Waals surface area (Å²) < 4.78 is 13.8. The van der Waals surface area contributed by atoms with E-state index in [1.165, 1.54) is 11.0 Å². The number of hydrogen-bond donors (Lipinski definition) is 2. The van der Waals surface area contributed by atoms with Gasteiger partial charge in [0, 0.05) is 42.0 Å². The topological polar surface area (TPSA) is 78.5 Å². The van der Waals surface area contributed by atoms with Gasteiger partial charge >= 0.3 is 0 Å². The Morgan fingerprint density at radius 3 is 2.55 bits per heavy atom. The molecule has 1 atom stereocenters. The van der Waals surface area contributed by atoms with Crippen LogP contribution in [0.2, 0.25) is 0 Å². The first-order valence-corrected chi connectivity index (χ1v) is 10.7. The van der Waals surface area contributed by atoms with Crippen LogP contribution >= 0.6 is 0 Å². The van der Waals surface area contributed by atoms with Gasteiger partial charge in [0.2, 0.25) is 11.8 Å². The number of carbonyl (C=O) groups is 3. The lowest BCUT2D eigenvalue weighted by molar-refractivity contribution is -0.126. The van der Waals surface area contributed by atoms with Gasteiger partial charge in [0.15, 0.2) is 0 Å². The first-order valence-electron chi connectivity index (χ1n) is 10.7. The van der Waals surface area contributed by atoms with E-state index in [1.54, 1.807) is 42.5 Å². The van der Waals surface area contributed by atoms with Gasteiger partial charge in [0.05, 0.1) is 5.92 Å². The molecule has 3 aromatic rings. The summed E-state index contributed by atoms with van der Waals surface area (Å²) in [6.07, 6.45) is 0.0584. The Hall–Kier alpha value is -4.00. The summed E-state index contributed by atoms with van der Waals surface area (Å²) in [6.45, 7) is 2.23. The Labute approximate surface area is 191 Å². The van der Waals surface area contributed by atoms with Crippen LogP contribution in [0.5, 0.6) is 0 Å². The second-order valence-corrected chi connectivity index (χ2v) is 8.09. The number of halogens is 1. The van der Waals surface area contributed by atoms with Gasteiger partial charge in [-0.15, -0.1) is 0 Å². The van der Waals surface area contributed by atoms with Crippen LogP contribution in [-0.4, -0.2) is 24.3 Å². The van der Waals surface area contributed by atoms with Crippen molar-refractivity contribution in [3.05, 3.63) is 95.3 Å². The van der Waals surface area contributed by atoms with E-state index in [4.69, 9.17) is 0 Å². The third-order valence-electron chi connectivity index (χ3n) is 5.64. The molecule has 6 nitrogen and oxygen atoms in total. The lowest BCUT2D eigenvalue weighted by Gasteiger charge is -2.18. The van der Waals surface area contributed by atoms with E-state index in [0.717, 1.165) is 5.56 Å². The van der Waals surface area contributed by atoms with Crippen molar-refractivity contribution in [1.29, 1.82) is 0 Å². The van der Waals surface area contributed by atoms with Gasteiger partial charge in [0.25, 0.3) is 5.91 Å². The third-order valence-corrected chi connectivity index (χ3v) is 5.64. The Morgan fingerprint density at radius 1 is 1.03 bits per heavy atom. The number of rotatable bonds is 6. The van der Waals surface area contributed by atoms with Gasteiger partial charge in [-0.1, -0.05) is 42.0 Å². The highest BCUT2D eigenvalue weighted by Gasteiger charge is 2.35. The molecule has 0 aromatic heterocycles. The standard InChI is InChI=1S/C26H24FN3O3/c1-17-9-11-21(12-10-17)29-26(33)18-6-4-7-22(13-18)30-16-20(14-24(30)31)25(32)28-15-19-5-2-3-8-23(19)27/h2-13,20H,14-16H2,1H3,(H,28,32)(H,29,33)/t20-/m0/s1. The summed E-state index contributed by atoms with van der Waals surface area (Å²) in [5.41, 5.74) is 3.13. The zero-order valence-corrected chi connectivity index (χ0v) is 18.2. The summed E-state index contributed by atoms with van der Waals surface area (Å²) in [6, 6.07) is 20.5. The first kappa shape index (κ1) is 22.2. The lowest BCUT2D eigenvalue weighted by Crippen LogP contribution is -2.32. The van der Waals surface area contributed by atoms with Crippen LogP contribution < -0.4 is 15.5 Å². The van der Waals surface area contributed by atoms with E-state index in [9.17, 15) is 18.8 Å². The van der Waals surface area contributed by atoms with E-state index in [2.05, 4.69) is 10.6 Å². The Morgan fingerprint density at radius 2 is 1.79 bits per heavy atom. The number of nitrogens with one attached hydrogen (secondary N) is 2. The van der Waals surface area contributed by atoms with Crippen molar-refractivity contribution in [3.63, 3.8) is 0 Å². The summed E-state index contributed by atoms with van der Waals surface area (Å²) in [7, 11) is 0. The van der Waals surface area contributed by atoms with Crippen molar-refractivity contribution in [3.8, 4) is 0 Å². The molecule has 0 bridgehead atoms. The lowest BCUT2D eigenvalue weighted by atomic mass is 10.1. The molecule has 0 saturated carbocycles. The number of anilines is 2. The highest BCUT2D eigenvalue weighted by Crippen LogP contribution is 2.26. The molecule has 0 spiro atoms. The van der Waals surface area contributed by atoms with Gasteiger partial charge in [-0.3, -0.25) is 14.4 Å². The van der Waals surface area contributed by atoms with Crippen molar-refractivity contribution in [1.82, 2.24) is 5.32 Å². The maximum atomic E-state index is 13.8. The summed E-state index contributed by atoms with van der Waals surface area (Å²) in [4.78, 5) is 39.4. The number of benzene rings is 3. The monoisotopic (exact) mass is 445 g/mol. The average molecular weight is 445 g/mol. The normalized spacial score (nSPS) is 15.4. The van der Waals surface area contributed by atoms with Crippen LogP contribution in [0.25, 0.3) is 0 Å². The molecule has 1 heterocycles. The number of amides is 3. The second-order valence-electron chi connectivity index (χ2n) is 8.09. The molecule has 33 heavy (non-hydrogen) atoms. The molecule has 1 fully saturated rings. The molecule has 1 saturated heterocycles. The van der Waals surface area contributed by atoms with Crippen LogP contribution in [-0.2, 0) is 16.1 Å². The molecule has 2 N–H and O–H groups in total. The van der Waals surface area contributed by atoms with Gasteiger partial charge in [0.1, 0.15) is 5.82 Å². The number of aryl methyl sites for hydroxylation is 1. The number of hydrogen-bond acceptors (Lipinski definition) is 3. The van der Waals surface area contributed by atoms with Crippen molar-refractivity contribution in [2.24, 2.45) is 5.92 Å². The highest BCUT2D eigenvalue weighted by molar-refractivity contribution is 6.06. The molecular weight excluding hydrogens is 421 g/mol. The van der Waals surface area contributed by atoms with Gasteiger partial charge in [-0.25, -0.2) is 4.39 Å². The zero-order valence-electron chi connectivity index (χ0n) is 18.2. The van der Waals surface area contributed by atoms with Crippen LogP contribution in [0.1, 0.15) is 27.9 Å². The molecule has 3 amide bonds. The molecule has 1 aliphatic heterocycles. The maximum absolute atomic E-state index is 13.8. The molecule has 4 rings (SSSR count). The predicted molar refractivity (Wildman–Crippen MR) is 124 cm³/mol. The van der Waals surface area contributed by atoms with E-state index in [1.807, 2.05) is 31.2 Å². The first-order chi connectivity index (χ1) is 15.9. The molecular formula is C26H24FN3O3. The van der Waals surface area contributed by atoms with Crippen LogP contribution in [0.4, 0.5) is 15.8 Å². The molecule has 168 valence electrons. The summed E-state index contributed by atoms with van der Waals surface area (Å²) in [5.74, 6) is -1.72. The molecule has 0 aliphatic carbocycles. The van der Waals surface area contributed by atoms with E-state index >= 15 is 0 Å². The third kappa shape index (κ3) is 5.26. The van der Waals surface area contributed by atoms with Crippen LogP contribution in [0.3, 0.4) is 0 Å². The largest absolute Gasteiger partial charge is 0.352 e. The Bertz CT molecular complexity index is 1190. The predicted octanol–water partition coefficient (Wildman–Crippen LogP) is 4.06. The fourth-order valence-electron chi connectivity index (χ4n) is 3.76. The smallest absolute Gasteiger partial charge is 0.255 e. The molecule has 0 unspecified atom stereocenters.